The average Bonchev–Trinajstić information content (AvgIpc) is 3.45. The smallest absolute Gasteiger partial charge is 0.264 e. The number of hydrogen-bond donors (Lipinski definition) is 1. The van der Waals surface area contributed by atoms with Crippen LogP contribution in [0.15, 0.2) is 65.8 Å². The number of rotatable bonds is 10. The van der Waals surface area contributed by atoms with Crippen LogP contribution in [0.5, 0.6) is 11.5 Å². The van der Waals surface area contributed by atoms with Gasteiger partial charge in [0.25, 0.3) is 11.8 Å². The third-order valence-corrected chi connectivity index (χ3v) is 6.62. The van der Waals surface area contributed by atoms with Crippen LogP contribution in [0.4, 0.5) is 5.69 Å². The van der Waals surface area contributed by atoms with Gasteiger partial charge in [-0.1, -0.05) is 18.7 Å². The summed E-state index contributed by atoms with van der Waals surface area (Å²) in [6.45, 7) is 6.08. The predicted octanol–water partition coefficient (Wildman–Crippen LogP) is 4.15. The molecule has 1 N–H and O–H groups in total. The molecule has 2 amide bonds. The van der Waals surface area contributed by atoms with E-state index in [0.717, 1.165) is 11.2 Å². The van der Waals surface area contributed by atoms with Gasteiger partial charge in [0.05, 0.1) is 54.3 Å². The minimum atomic E-state index is -3.60. The van der Waals surface area contributed by atoms with Crippen LogP contribution in [0.1, 0.15) is 45.0 Å². The molecule has 0 saturated heterocycles. The highest BCUT2D eigenvalue weighted by Crippen LogP contribution is 2.39. The maximum Gasteiger partial charge on any atom is 0.264 e. The van der Waals surface area contributed by atoms with E-state index in [-0.39, 0.29) is 11.1 Å². The van der Waals surface area contributed by atoms with E-state index in [1.807, 2.05) is 0 Å². The van der Waals surface area contributed by atoms with Crippen LogP contribution in [-0.4, -0.2) is 50.9 Å². The fourth-order valence-corrected chi connectivity index (χ4v) is 5.06. The van der Waals surface area contributed by atoms with E-state index in [1.165, 1.54) is 19.4 Å². The summed E-state index contributed by atoms with van der Waals surface area (Å²) in [6, 6.07) is 12.0. The minimum Gasteiger partial charge on any atom is -0.493 e. The second kappa shape index (κ2) is 9.90. The van der Waals surface area contributed by atoms with E-state index in [2.05, 4.69) is 11.9 Å². The number of furan rings is 1. The number of hydrogen-bond acceptors (Lipinski definition) is 8. The molecule has 0 bridgehead atoms. The van der Waals surface area contributed by atoms with Crippen LogP contribution < -0.4 is 14.8 Å². The van der Waals surface area contributed by atoms with Gasteiger partial charge in [-0.15, -0.1) is 0 Å². The summed E-state index contributed by atoms with van der Waals surface area (Å²) >= 11 is 0. The van der Waals surface area contributed by atoms with Gasteiger partial charge in [0, 0.05) is 6.26 Å². The molecule has 1 aromatic heterocycles. The van der Waals surface area contributed by atoms with Gasteiger partial charge < -0.3 is 19.2 Å². The Kier molecular flexibility index (Phi) is 6.89. The van der Waals surface area contributed by atoms with Crippen LogP contribution >= 0.6 is 0 Å². The number of methoxy groups -OCH3 is 1. The molecule has 2 aromatic carbocycles. The van der Waals surface area contributed by atoms with Crippen molar-refractivity contribution in [3.05, 3.63) is 83.8 Å². The van der Waals surface area contributed by atoms with E-state index < -0.39 is 33.4 Å². The summed E-state index contributed by atoms with van der Waals surface area (Å²) in [5, 5.41) is 3.04. The Morgan fingerprint density at radius 1 is 1.11 bits per heavy atom. The number of carbonyl (C=O) groups excluding carboxylic acids is 2. The molecule has 10 heteroatoms. The van der Waals surface area contributed by atoms with Crippen molar-refractivity contribution in [3.63, 3.8) is 0 Å². The lowest BCUT2D eigenvalue weighted by Gasteiger charge is -2.27. The monoisotopic (exact) mass is 510 g/mol. The minimum absolute atomic E-state index is 0.132. The van der Waals surface area contributed by atoms with Crippen LogP contribution in [0, 0.1) is 0 Å². The van der Waals surface area contributed by atoms with E-state index in [9.17, 15) is 18.0 Å². The highest BCUT2D eigenvalue weighted by molar-refractivity contribution is 7.90. The van der Waals surface area contributed by atoms with Crippen molar-refractivity contribution in [2.24, 2.45) is 0 Å². The topological polar surface area (TPSA) is 115 Å². The third-order valence-electron chi connectivity index (χ3n) is 5.70. The molecule has 9 nitrogen and oxygen atoms in total. The number of anilines is 1. The molecule has 1 unspecified atom stereocenters. The third kappa shape index (κ3) is 4.85. The zero-order valence-electron chi connectivity index (χ0n) is 20.1. The summed E-state index contributed by atoms with van der Waals surface area (Å²) < 4.78 is 41.1. The Hall–Kier alpha value is -4.05. The predicted molar refractivity (Wildman–Crippen MR) is 135 cm³/mol. The molecule has 0 aliphatic carbocycles. The molecule has 0 spiro atoms. The zero-order chi connectivity index (χ0) is 26.0. The molecule has 0 fully saturated rings. The first kappa shape index (κ1) is 25.1. The standard InChI is InChI=1S/C26H26N2O7S/c1-5-34-23-14-17(11-12-22(23)33-3)20(15-36(4,31)32)28-25(29)18-8-6-9-19(24(18)26(28)30)27-16(2)21-10-7-13-35-21/h6-14,20,27H,2,5,15H2,1,3-4H3. The molecule has 0 saturated carbocycles. The number of carbonyl (C=O) groups is 2. The van der Waals surface area contributed by atoms with Crippen LogP contribution in [0.3, 0.4) is 0 Å². The molecular formula is C26H26N2O7S. The van der Waals surface area contributed by atoms with Gasteiger partial charge >= 0.3 is 0 Å². The normalized spacial score (nSPS) is 13.9. The summed E-state index contributed by atoms with van der Waals surface area (Å²) in [6.07, 6.45) is 2.56. The van der Waals surface area contributed by atoms with Crippen molar-refractivity contribution in [1.29, 1.82) is 0 Å². The molecule has 2 heterocycles. The van der Waals surface area contributed by atoms with Gasteiger partial charge in [0.2, 0.25) is 0 Å². The number of benzene rings is 2. The van der Waals surface area contributed by atoms with Crippen LogP contribution in [-0.2, 0) is 9.84 Å². The number of nitrogens with zero attached hydrogens (tertiary/aromatic N) is 1. The second-order valence-corrected chi connectivity index (χ2v) is 10.4. The molecule has 188 valence electrons. The Bertz CT molecular complexity index is 1430. The number of ether oxygens (including phenoxy) is 2. The van der Waals surface area contributed by atoms with E-state index in [4.69, 9.17) is 13.9 Å². The molecule has 3 aromatic rings. The first-order chi connectivity index (χ1) is 17.1. The van der Waals surface area contributed by atoms with Crippen molar-refractivity contribution in [1.82, 2.24) is 4.90 Å². The highest BCUT2D eigenvalue weighted by atomic mass is 32.2. The van der Waals surface area contributed by atoms with Crippen molar-refractivity contribution >= 4 is 33.0 Å². The Balaban J connectivity index is 1.76. The van der Waals surface area contributed by atoms with Crippen molar-refractivity contribution in [2.45, 2.75) is 13.0 Å². The van der Waals surface area contributed by atoms with Crippen molar-refractivity contribution in [2.75, 3.05) is 31.0 Å². The summed E-state index contributed by atoms with van der Waals surface area (Å²) in [5.41, 5.74) is 1.48. The van der Waals surface area contributed by atoms with Crippen molar-refractivity contribution in [3.8, 4) is 11.5 Å². The van der Waals surface area contributed by atoms with Crippen molar-refractivity contribution < 1.29 is 31.9 Å². The van der Waals surface area contributed by atoms with E-state index >= 15 is 0 Å². The fourth-order valence-electron chi connectivity index (χ4n) is 4.14. The van der Waals surface area contributed by atoms with Gasteiger partial charge in [-0.3, -0.25) is 14.5 Å². The van der Waals surface area contributed by atoms with Gasteiger partial charge in [-0.05, 0) is 48.9 Å². The number of amides is 2. The summed E-state index contributed by atoms with van der Waals surface area (Å²) in [5.74, 6) is -0.373. The first-order valence-corrected chi connectivity index (χ1v) is 13.2. The van der Waals surface area contributed by atoms with Gasteiger partial charge in [0.15, 0.2) is 11.5 Å². The quantitative estimate of drug-likeness (QED) is 0.405. The molecule has 1 aliphatic rings. The Labute approximate surface area is 209 Å². The highest BCUT2D eigenvalue weighted by Gasteiger charge is 2.43. The first-order valence-electron chi connectivity index (χ1n) is 11.1. The lowest BCUT2D eigenvalue weighted by molar-refractivity contribution is 0.0597. The van der Waals surface area contributed by atoms with Gasteiger partial charge in [-0.2, -0.15) is 0 Å². The molecule has 1 atom stereocenters. The molecular weight excluding hydrogens is 484 g/mol. The average molecular weight is 511 g/mol. The van der Waals surface area contributed by atoms with E-state index in [0.29, 0.717) is 40.8 Å². The molecule has 4 rings (SSSR count). The maximum atomic E-state index is 13.7. The lowest BCUT2D eigenvalue weighted by atomic mass is 10.1. The molecule has 0 radical (unpaired) electrons. The second-order valence-electron chi connectivity index (χ2n) is 8.24. The summed E-state index contributed by atoms with van der Waals surface area (Å²) in [7, 11) is -2.12. The zero-order valence-corrected chi connectivity index (χ0v) is 20.9. The summed E-state index contributed by atoms with van der Waals surface area (Å²) in [4.78, 5) is 28.2. The van der Waals surface area contributed by atoms with Gasteiger partial charge in [-0.25, -0.2) is 8.42 Å². The molecule has 1 aliphatic heterocycles. The number of nitrogens with one attached hydrogen (secondary N) is 1. The van der Waals surface area contributed by atoms with Gasteiger partial charge in [0.1, 0.15) is 15.6 Å². The largest absolute Gasteiger partial charge is 0.493 e. The Morgan fingerprint density at radius 2 is 1.89 bits per heavy atom. The fraction of sp³-hybridized carbons (Fsp3) is 0.231. The Morgan fingerprint density at radius 3 is 2.53 bits per heavy atom. The maximum absolute atomic E-state index is 13.7. The SMILES string of the molecule is C=C(Nc1cccc2c1C(=O)N(C(CS(C)(=O)=O)c1ccc(OC)c(OCC)c1)C2=O)c1ccco1. The van der Waals surface area contributed by atoms with E-state index in [1.54, 1.807) is 49.4 Å². The van der Waals surface area contributed by atoms with Crippen LogP contribution in [0.2, 0.25) is 0 Å². The number of imide groups is 1. The number of fused-ring (bicyclic) bond motifs is 1. The molecule has 36 heavy (non-hydrogen) atoms. The lowest BCUT2D eigenvalue weighted by Crippen LogP contribution is -2.37. The number of sulfone groups is 1. The van der Waals surface area contributed by atoms with Crippen LogP contribution in [0.25, 0.3) is 5.70 Å².